The first-order valence-electron chi connectivity index (χ1n) is 4.35. The van der Waals surface area contributed by atoms with Crippen LogP contribution in [0.25, 0.3) is 0 Å². The lowest BCUT2D eigenvalue weighted by molar-refractivity contribution is 0.530. The van der Waals surface area contributed by atoms with Crippen molar-refractivity contribution in [3.63, 3.8) is 0 Å². The second kappa shape index (κ2) is 4.19. The van der Waals surface area contributed by atoms with Gasteiger partial charge in [-0.2, -0.15) is 0 Å². The molecule has 2 heterocycles. The summed E-state index contributed by atoms with van der Waals surface area (Å²) in [5.41, 5.74) is 1.14. The van der Waals surface area contributed by atoms with Crippen molar-refractivity contribution in [2.75, 3.05) is 0 Å². The van der Waals surface area contributed by atoms with Gasteiger partial charge < -0.3 is 4.42 Å². The molecule has 2 aromatic rings. The van der Waals surface area contributed by atoms with Gasteiger partial charge in [0.1, 0.15) is 5.76 Å². The first-order valence-corrected chi connectivity index (χ1v) is 6.15. The number of aromatic nitrogens is 1. The first kappa shape index (κ1) is 9.80. The van der Waals surface area contributed by atoms with Gasteiger partial charge in [-0.1, -0.05) is 11.8 Å². The van der Waals surface area contributed by atoms with Gasteiger partial charge in [-0.15, -0.1) is 11.3 Å². The molecule has 2 aromatic heterocycles. The largest absolute Gasteiger partial charge is 0.468 e. The molecule has 0 saturated carbocycles. The van der Waals surface area contributed by atoms with E-state index in [1.807, 2.05) is 19.1 Å². The van der Waals surface area contributed by atoms with E-state index in [4.69, 9.17) is 4.42 Å². The highest BCUT2D eigenvalue weighted by Gasteiger charge is 2.05. The van der Waals surface area contributed by atoms with E-state index in [0.29, 0.717) is 0 Å². The maximum absolute atomic E-state index is 5.25. The van der Waals surface area contributed by atoms with Crippen LogP contribution in [-0.4, -0.2) is 4.98 Å². The number of furan rings is 1. The summed E-state index contributed by atoms with van der Waals surface area (Å²) in [4.78, 5) is 5.75. The summed E-state index contributed by atoms with van der Waals surface area (Å²) in [6.45, 7) is 4.15. The van der Waals surface area contributed by atoms with Gasteiger partial charge in [0, 0.05) is 4.88 Å². The standard InChI is InChI=1S/C10H11NOS2/c1-7-8(2)14-10(11-7)13-6-9-4-3-5-12-9/h3-5H,6H2,1-2H3. The van der Waals surface area contributed by atoms with Crippen LogP contribution < -0.4 is 0 Å². The van der Waals surface area contributed by atoms with E-state index in [1.165, 1.54) is 4.88 Å². The van der Waals surface area contributed by atoms with E-state index in [2.05, 4.69) is 11.9 Å². The predicted octanol–water partition coefficient (Wildman–Crippen LogP) is 3.65. The van der Waals surface area contributed by atoms with E-state index in [9.17, 15) is 0 Å². The van der Waals surface area contributed by atoms with Gasteiger partial charge in [0.25, 0.3) is 0 Å². The highest BCUT2D eigenvalue weighted by atomic mass is 32.2. The summed E-state index contributed by atoms with van der Waals surface area (Å²) in [5, 5.41) is 0. The second-order valence-electron chi connectivity index (χ2n) is 2.99. The molecule has 2 nitrogen and oxygen atoms in total. The zero-order chi connectivity index (χ0) is 9.97. The van der Waals surface area contributed by atoms with Crippen LogP contribution in [0.15, 0.2) is 27.2 Å². The van der Waals surface area contributed by atoms with Crippen LogP contribution >= 0.6 is 23.1 Å². The molecule has 0 aromatic carbocycles. The minimum absolute atomic E-state index is 0.861. The van der Waals surface area contributed by atoms with Crippen molar-refractivity contribution in [1.29, 1.82) is 0 Å². The Bertz CT molecular complexity index is 386. The maximum atomic E-state index is 5.25. The molecule has 0 atom stereocenters. The molecule has 0 bridgehead atoms. The molecule has 0 aliphatic rings. The summed E-state index contributed by atoms with van der Waals surface area (Å²) in [5.74, 6) is 1.86. The summed E-state index contributed by atoms with van der Waals surface area (Å²) < 4.78 is 6.37. The monoisotopic (exact) mass is 225 g/mol. The molecule has 0 saturated heterocycles. The zero-order valence-electron chi connectivity index (χ0n) is 8.11. The Balaban J connectivity index is 1.98. The molecular formula is C10H11NOS2. The zero-order valence-corrected chi connectivity index (χ0v) is 9.74. The SMILES string of the molecule is Cc1nc(SCc2ccco2)sc1C. The average molecular weight is 225 g/mol. The van der Waals surface area contributed by atoms with E-state index in [0.717, 1.165) is 21.5 Å². The third-order valence-corrected chi connectivity index (χ3v) is 4.17. The van der Waals surface area contributed by atoms with Crippen LogP contribution in [0.4, 0.5) is 0 Å². The Morgan fingerprint density at radius 1 is 1.50 bits per heavy atom. The van der Waals surface area contributed by atoms with E-state index >= 15 is 0 Å². The predicted molar refractivity (Wildman–Crippen MR) is 59.9 cm³/mol. The summed E-state index contributed by atoms with van der Waals surface area (Å²) in [7, 11) is 0. The third kappa shape index (κ3) is 2.19. The molecule has 0 amide bonds. The lowest BCUT2D eigenvalue weighted by Gasteiger charge is -1.92. The van der Waals surface area contributed by atoms with Crippen molar-refractivity contribution >= 4 is 23.1 Å². The van der Waals surface area contributed by atoms with Gasteiger partial charge in [0.05, 0.1) is 17.7 Å². The van der Waals surface area contributed by atoms with Gasteiger partial charge >= 0.3 is 0 Å². The molecule has 2 rings (SSSR count). The molecule has 14 heavy (non-hydrogen) atoms. The van der Waals surface area contributed by atoms with Gasteiger partial charge in [0.2, 0.25) is 0 Å². The third-order valence-electron chi connectivity index (χ3n) is 1.93. The normalized spacial score (nSPS) is 10.7. The second-order valence-corrected chi connectivity index (χ2v) is 5.42. The number of nitrogens with zero attached hydrogens (tertiary/aromatic N) is 1. The highest BCUT2D eigenvalue weighted by molar-refractivity contribution is 8.00. The minimum atomic E-state index is 0.861. The van der Waals surface area contributed by atoms with Crippen LogP contribution in [-0.2, 0) is 5.75 Å². The van der Waals surface area contributed by atoms with Crippen LogP contribution in [0.5, 0.6) is 0 Å². The number of hydrogen-bond acceptors (Lipinski definition) is 4. The molecule has 4 heteroatoms. The minimum Gasteiger partial charge on any atom is -0.468 e. The topological polar surface area (TPSA) is 26.0 Å². The molecule has 0 N–H and O–H groups in total. The van der Waals surface area contributed by atoms with Crippen molar-refractivity contribution in [2.45, 2.75) is 23.9 Å². The lowest BCUT2D eigenvalue weighted by Crippen LogP contribution is -1.75. The molecule has 0 aliphatic heterocycles. The quantitative estimate of drug-likeness (QED) is 0.746. The molecule has 0 radical (unpaired) electrons. The maximum Gasteiger partial charge on any atom is 0.150 e. The number of rotatable bonds is 3. The van der Waals surface area contributed by atoms with Crippen molar-refractivity contribution in [3.05, 3.63) is 34.7 Å². The fourth-order valence-corrected chi connectivity index (χ4v) is 3.09. The Morgan fingerprint density at radius 3 is 2.93 bits per heavy atom. The van der Waals surface area contributed by atoms with E-state index in [1.54, 1.807) is 29.4 Å². The fourth-order valence-electron chi connectivity index (χ4n) is 1.03. The summed E-state index contributed by atoms with van der Waals surface area (Å²) in [6, 6.07) is 3.90. The lowest BCUT2D eigenvalue weighted by atomic mass is 10.4. The van der Waals surface area contributed by atoms with Crippen LogP contribution in [0, 0.1) is 13.8 Å². The smallest absolute Gasteiger partial charge is 0.150 e. The van der Waals surface area contributed by atoms with Crippen molar-refractivity contribution < 1.29 is 4.42 Å². The van der Waals surface area contributed by atoms with Crippen molar-refractivity contribution in [2.24, 2.45) is 0 Å². The molecule has 0 spiro atoms. The number of hydrogen-bond donors (Lipinski definition) is 0. The van der Waals surface area contributed by atoms with Gasteiger partial charge in [0.15, 0.2) is 4.34 Å². The van der Waals surface area contributed by atoms with Crippen LogP contribution in [0.3, 0.4) is 0 Å². The van der Waals surface area contributed by atoms with Gasteiger partial charge in [-0.3, -0.25) is 0 Å². The molecule has 0 aliphatic carbocycles. The number of thiazole rings is 1. The first-order chi connectivity index (χ1) is 6.75. The summed E-state index contributed by atoms with van der Waals surface area (Å²) >= 11 is 3.47. The Kier molecular flexibility index (Phi) is 2.93. The van der Waals surface area contributed by atoms with E-state index in [-0.39, 0.29) is 0 Å². The molecular weight excluding hydrogens is 214 g/mol. The number of aryl methyl sites for hydroxylation is 2. The Hall–Kier alpha value is -0.740. The van der Waals surface area contributed by atoms with Gasteiger partial charge in [-0.25, -0.2) is 4.98 Å². The molecule has 0 fully saturated rings. The van der Waals surface area contributed by atoms with Crippen LogP contribution in [0.2, 0.25) is 0 Å². The molecule has 0 unspecified atom stereocenters. The Morgan fingerprint density at radius 2 is 2.36 bits per heavy atom. The average Bonchev–Trinajstić information content (AvgIpc) is 2.74. The van der Waals surface area contributed by atoms with E-state index < -0.39 is 0 Å². The van der Waals surface area contributed by atoms with Gasteiger partial charge in [-0.05, 0) is 26.0 Å². The van der Waals surface area contributed by atoms with Crippen LogP contribution in [0.1, 0.15) is 16.3 Å². The molecule has 74 valence electrons. The highest BCUT2D eigenvalue weighted by Crippen LogP contribution is 2.28. The Labute approximate surface area is 91.4 Å². The summed E-state index contributed by atoms with van der Waals surface area (Å²) in [6.07, 6.45) is 1.70. The van der Waals surface area contributed by atoms with Crippen molar-refractivity contribution in [1.82, 2.24) is 4.98 Å². The fraction of sp³-hybridized carbons (Fsp3) is 0.300. The van der Waals surface area contributed by atoms with Crippen molar-refractivity contribution in [3.8, 4) is 0 Å². The number of thioether (sulfide) groups is 1.